The Hall–Kier alpha value is 0.500. The van der Waals surface area contributed by atoms with Gasteiger partial charge in [-0.25, -0.2) is 0 Å². The van der Waals surface area contributed by atoms with E-state index in [0.29, 0.717) is 11.5 Å². The molecule has 0 aromatic rings. The second-order valence-corrected chi connectivity index (χ2v) is 4.08. The number of halogens is 2. The third-order valence-electron chi connectivity index (χ3n) is 2.09. The predicted octanol–water partition coefficient (Wildman–Crippen LogP) is 1.44. The molecular weight excluding hydrogens is 195 g/mol. The van der Waals surface area contributed by atoms with E-state index in [0.717, 1.165) is 19.6 Å². The Kier molecular flexibility index (Phi) is 7.54. The van der Waals surface area contributed by atoms with Crippen LogP contribution in [-0.4, -0.2) is 25.7 Å². The highest BCUT2D eigenvalue weighted by atomic mass is 35.5. The van der Waals surface area contributed by atoms with E-state index in [1.807, 2.05) is 0 Å². The van der Waals surface area contributed by atoms with Gasteiger partial charge in [-0.3, -0.25) is 0 Å². The van der Waals surface area contributed by atoms with Crippen LogP contribution < -0.4 is 10.6 Å². The van der Waals surface area contributed by atoms with Crippen LogP contribution in [0, 0.1) is 5.41 Å². The summed E-state index contributed by atoms with van der Waals surface area (Å²) in [5.74, 6) is 0. The second-order valence-electron chi connectivity index (χ2n) is 4.08. The molecule has 0 saturated carbocycles. The first-order valence-electron chi connectivity index (χ1n) is 4.05. The van der Waals surface area contributed by atoms with Gasteiger partial charge in [-0.15, -0.1) is 24.8 Å². The molecule has 0 amide bonds. The monoisotopic (exact) mass is 214 g/mol. The molecule has 1 aliphatic rings. The molecule has 0 spiro atoms. The molecule has 12 heavy (non-hydrogen) atoms. The molecule has 0 aliphatic carbocycles. The highest BCUT2D eigenvalue weighted by Crippen LogP contribution is 2.19. The molecule has 76 valence electrons. The lowest BCUT2D eigenvalue weighted by molar-refractivity contribution is 0.239. The summed E-state index contributed by atoms with van der Waals surface area (Å²) >= 11 is 0. The van der Waals surface area contributed by atoms with Gasteiger partial charge in [-0.05, 0) is 5.41 Å². The topological polar surface area (TPSA) is 24.1 Å². The van der Waals surface area contributed by atoms with Gasteiger partial charge < -0.3 is 10.6 Å². The minimum atomic E-state index is 0. The van der Waals surface area contributed by atoms with Crippen LogP contribution in [-0.2, 0) is 0 Å². The number of hydrogen-bond donors (Lipinski definition) is 2. The van der Waals surface area contributed by atoms with Crippen molar-refractivity contribution in [2.45, 2.75) is 26.8 Å². The fourth-order valence-corrected chi connectivity index (χ4v) is 1.27. The van der Waals surface area contributed by atoms with Crippen LogP contribution in [0.5, 0.6) is 0 Å². The van der Waals surface area contributed by atoms with Crippen LogP contribution in [0.1, 0.15) is 20.8 Å². The van der Waals surface area contributed by atoms with Crippen molar-refractivity contribution < 1.29 is 0 Å². The first-order valence-corrected chi connectivity index (χ1v) is 4.05. The Morgan fingerprint density at radius 3 is 1.92 bits per heavy atom. The van der Waals surface area contributed by atoms with Crippen molar-refractivity contribution in [2.24, 2.45) is 5.41 Å². The van der Waals surface area contributed by atoms with Crippen molar-refractivity contribution in [2.75, 3.05) is 19.6 Å². The quantitative estimate of drug-likeness (QED) is 0.638. The van der Waals surface area contributed by atoms with Crippen molar-refractivity contribution in [3.05, 3.63) is 0 Å². The molecule has 1 unspecified atom stereocenters. The minimum Gasteiger partial charge on any atom is -0.314 e. The maximum atomic E-state index is 3.50. The van der Waals surface area contributed by atoms with Gasteiger partial charge >= 0.3 is 0 Å². The predicted molar refractivity (Wildman–Crippen MR) is 58.6 cm³/mol. The van der Waals surface area contributed by atoms with E-state index in [1.54, 1.807) is 0 Å². The van der Waals surface area contributed by atoms with Gasteiger partial charge in [0.2, 0.25) is 0 Å². The van der Waals surface area contributed by atoms with Gasteiger partial charge in [0, 0.05) is 25.7 Å². The van der Waals surface area contributed by atoms with Gasteiger partial charge in [0.1, 0.15) is 0 Å². The molecular formula is C8H20Cl2N2. The molecule has 0 aromatic heterocycles. The standard InChI is InChI=1S/C8H18N2.2ClH/c1-8(2,3)7-6-9-4-5-10-7;;/h7,9-10H,4-6H2,1-3H3;2*1H. The Bertz CT molecular complexity index is 106. The Morgan fingerprint density at radius 1 is 1.08 bits per heavy atom. The zero-order valence-corrected chi connectivity index (χ0v) is 9.65. The summed E-state index contributed by atoms with van der Waals surface area (Å²) < 4.78 is 0. The van der Waals surface area contributed by atoms with Gasteiger partial charge in [0.05, 0.1) is 0 Å². The van der Waals surface area contributed by atoms with E-state index >= 15 is 0 Å². The van der Waals surface area contributed by atoms with Crippen molar-refractivity contribution >= 4 is 24.8 Å². The summed E-state index contributed by atoms with van der Waals surface area (Å²) in [5, 5.41) is 6.88. The number of nitrogens with one attached hydrogen (secondary N) is 2. The van der Waals surface area contributed by atoms with E-state index in [4.69, 9.17) is 0 Å². The number of rotatable bonds is 0. The van der Waals surface area contributed by atoms with Crippen LogP contribution >= 0.6 is 24.8 Å². The maximum Gasteiger partial charge on any atom is 0.0241 e. The third-order valence-corrected chi connectivity index (χ3v) is 2.09. The number of hydrogen-bond acceptors (Lipinski definition) is 2. The van der Waals surface area contributed by atoms with Crippen molar-refractivity contribution in [3.63, 3.8) is 0 Å². The largest absolute Gasteiger partial charge is 0.314 e. The van der Waals surface area contributed by atoms with Gasteiger partial charge in [0.25, 0.3) is 0 Å². The molecule has 0 bridgehead atoms. The van der Waals surface area contributed by atoms with E-state index in [2.05, 4.69) is 31.4 Å². The minimum absolute atomic E-state index is 0. The van der Waals surface area contributed by atoms with E-state index in [-0.39, 0.29) is 24.8 Å². The lowest BCUT2D eigenvalue weighted by Crippen LogP contribution is -2.54. The molecule has 1 saturated heterocycles. The summed E-state index contributed by atoms with van der Waals surface area (Å²) in [6.07, 6.45) is 0. The molecule has 2 N–H and O–H groups in total. The molecule has 1 aliphatic heterocycles. The van der Waals surface area contributed by atoms with Gasteiger partial charge in [-0.1, -0.05) is 20.8 Å². The molecule has 1 rings (SSSR count). The highest BCUT2D eigenvalue weighted by molar-refractivity contribution is 5.85. The average Bonchev–Trinajstić information content (AvgIpc) is 1.88. The number of piperazine rings is 1. The Morgan fingerprint density at radius 2 is 1.67 bits per heavy atom. The molecule has 2 nitrogen and oxygen atoms in total. The summed E-state index contributed by atoms with van der Waals surface area (Å²) in [6.45, 7) is 10.2. The summed E-state index contributed by atoms with van der Waals surface area (Å²) in [4.78, 5) is 0. The third kappa shape index (κ3) is 4.51. The van der Waals surface area contributed by atoms with Crippen LogP contribution in [0.25, 0.3) is 0 Å². The molecule has 1 fully saturated rings. The highest BCUT2D eigenvalue weighted by Gasteiger charge is 2.24. The SMILES string of the molecule is CC(C)(C)C1CNCCN1.Cl.Cl. The normalized spacial score (nSPS) is 23.8. The zero-order valence-electron chi connectivity index (χ0n) is 8.02. The lowest BCUT2D eigenvalue weighted by Gasteiger charge is -2.35. The van der Waals surface area contributed by atoms with Crippen LogP contribution in [0.3, 0.4) is 0 Å². The molecule has 0 aromatic carbocycles. The first kappa shape index (κ1) is 15.0. The second kappa shape index (κ2) is 6.03. The van der Waals surface area contributed by atoms with Gasteiger partial charge in [-0.2, -0.15) is 0 Å². The average molecular weight is 215 g/mol. The van der Waals surface area contributed by atoms with Crippen molar-refractivity contribution in [1.29, 1.82) is 0 Å². The molecule has 1 heterocycles. The lowest BCUT2D eigenvalue weighted by atomic mass is 9.86. The van der Waals surface area contributed by atoms with E-state index < -0.39 is 0 Å². The summed E-state index contributed by atoms with van der Waals surface area (Å²) in [5.41, 5.74) is 0.396. The van der Waals surface area contributed by atoms with Crippen LogP contribution in [0.2, 0.25) is 0 Å². The summed E-state index contributed by atoms with van der Waals surface area (Å²) in [6, 6.07) is 0.640. The van der Waals surface area contributed by atoms with Crippen molar-refractivity contribution in [1.82, 2.24) is 10.6 Å². The molecule has 0 radical (unpaired) electrons. The summed E-state index contributed by atoms with van der Waals surface area (Å²) in [7, 11) is 0. The molecule has 4 heteroatoms. The van der Waals surface area contributed by atoms with E-state index in [1.165, 1.54) is 0 Å². The fourth-order valence-electron chi connectivity index (χ4n) is 1.27. The van der Waals surface area contributed by atoms with Crippen LogP contribution in [0.4, 0.5) is 0 Å². The Labute approximate surface area is 87.7 Å². The molecule has 1 atom stereocenters. The van der Waals surface area contributed by atoms with Crippen LogP contribution in [0.15, 0.2) is 0 Å². The smallest absolute Gasteiger partial charge is 0.0241 e. The van der Waals surface area contributed by atoms with E-state index in [9.17, 15) is 0 Å². The first-order chi connectivity index (χ1) is 4.61. The Balaban J connectivity index is 0. The van der Waals surface area contributed by atoms with Crippen molar-refractivity contribution in [3.8, 4) is 0 Å². The zero-order chi connectivity index (χ0) is 7.61. The fraction of sp³-hybridized carbons (Fsp3) is 1.00. The maximum absolute atomic E-state index is 3.50. The van der Waals surface area contributed by atoms with Gasteiger partial charge in [0.15, 0.2) is 0 Å².